The molecule has 1 aromatic carbocycles. The number of amides is 2. The van der Waals surface area contributed by atoms with E-state index in [0.717, 1.165) is 18.7 Å². The molecule has 0 spiro atoms. The number of carbonyl (C=O) groups excluding carboxylic acids is 2. The van der Waals surface area contributed by atoms with E-state index in [0.29, 0.717) is 28.1 Å². The first-order valence-electron chi connectivity index (χ1n) is 10.7. The molecule has 2 fully saturated rings. The summed E-state index contributed by atoms with van der Waals surface area (Å²) in [5.41, 5.74) is 6.03. The number of amidine groups is 1. The third-order valence-corrected chi connectivity index (χ3v) is 5.87. The van der Waals surface area contributed by atoms with Crippen molar-refractivity contribution < 1.29 is 19.1 Å². The molecule has 180 valence electrons. The molecule has 1 unspecified atom stereocenters. The normalized spacial score (nSPS) is 17.2. The fraction of sp³-hybridized carbons (Fsp3) is 0.409. The molecular weight excluding hydrogens is 466 g/mol. The Kier molecular flexibility index (Phi) is 10.4. The van der Waals surface area contributed by atoms with Gasteiger partial charge in [0.15, 0.2) is 0 Å². The second kappa shape index (κ2) is 13.0. The van der Waals surface area contributed by atoms with Gasteiger partial charge in [-0.15, -0.1) is 11.3 Å². The Labute approximate surface area is 202 Å². The van der Waals surface area contributed by atoms with Crippen LogP contribution in [0.2, 0.25) is 4.34 Å². The molecule has 2 aromatic rings. The summed E-state index contributed by atoms with van der Waals surface area (Å²) in [7, 11) is 1.50. The molecule has 4 N–H and O–H groups in total. The standard InChI is InChI=1S/C19H19ClN4O4S.C2H6.CH5N/c20-16-7-6-15(29-16)17(25)22-10-14-11-24(19(26)28-14)13-4-2-12(3-5-13)23-8-1-9-27-18(23)21;2*1-2/h2-7,14,21H,1,8-11H2,(H,22,25);1-2H3;2H2,1H3. The van der Waals surface area contributed by atoms with Gasteiger partial charge in [-0.25, -0.2) is 4.79 Å². The second-order valence-corrected chi connectivity index (χ2v) is 8.32. The van der Waals surface area contributed by atoms with Crippen molar-refractivity contribution in [3.63, 3.8) is 0 Å². The fourth-order valence-electron chi connectivity index (χ4n) is 3.20. The molecule has 0 radical (unpaired) electrons. The van der Waals surface area contributed by atoms with Crippen LogP contribution in [-0.4, -0.2) is 57.4 Å². The lowest BCUT2D eigenvalue weighted by Crippen LogP contribution is -2.38. The van der Waals surface area contributed by atoms with Crippen LogP contribution in [0.25, 0.3) is 0 Å². The molecule has 2 aliphatic rings. The smallest absolute Gasteiger partial charge is 0.414 e. The van der Waals surface area contributed by atoms with Gasteiger partial charge in [0.05, 0.1) is 28.9 Å². The molecule has 1 aromatic heterocycles. The molecule has 0 bridgehead atoms. The van der Waals surface area contributed by atoms with Crippen molar-refractivity contribution in [1.82, 2.24) is 5.32 Å². The summed E-state index contributed by atoms with van der Waals surface area (Å²) in [5.74, 6) is -0.244. The Bertz CT molecular complexity index is 937. The van der Waals surface area contributed by atoms with Crippen LogP contribution in [0.4, 0.5) is 16.2 Å². The van der Waals surface area contributed by atoms with Crippen molar-refractivity contribution in [1.29, 1.82) is 5.41 Å². The third kappa shape index (κ3) is 6.83. The predicted molar refractivity (Wildman–Crippen MR) is 133 cm³/mol. The first kappa shape index (κ1) is 26.4. The molecule has 2 aliphatic heterocycles. The van der Waals surface area contributed by atoms with Gasteiger partial charge in [0.25, 0.3) is 11.9 Å². The number of halogens is 1. The molecule has 0 saturated carbocycles. The second-order valence-electron chi connectivity index (χ2n) is 6.61. The van der Waals surface area contributed by atoms with Crippen LogP contribution >= 0.6 is 22.9 Å². The van der Waals surface area contributed by atoms with E-state index in [1.807, 2.05) is 38.1 Å². The summed E-state index contributed by atoms with van der Waals surface area (Å²) in [6.07, 6.45) is -0.0383. The van der Waals surface area contributed by atoms with Gasteiger partial charge in [-0.3, -0.25) is 20.0 Å². The molecule has 2 amide bonds. The molecule has 2 saturated heterocycles. The molecule has 33 heavy (non-hydrogen) atoms. The molecule has 3 heterocycles. The maximum Gasteiger partial charge on any atom is 0.414 e. The number of nitrogens with two attached hydrogens (primary N) is 1. The summed E-state index contributed by atoms with van der Waals surface area (Å²) in [6.45, 7) is 5.84. The number of hydrogen-bond acceptors (Lipinski definition) is 7. The fourth-order valence-corrected chi connectivity index (χ4v) is 4.16. The lowest BCUT2D eigenvalue weighted by molar-refractivity contribution is 0.0920. The lowest BCUT2D eigenvalue weighted by atomic mass is 10.2. The zero-order valence-corrected chi connectivity index (χ0v) is 20.5. The van der Waals surface area contributed by atoms with Crippen molar-refractivity contribution in [3.05, 3.63) is 45.6 Å². The summed E-state index contributed by atoms with van der Waals surface area (Å²) >= 11 is 7.04. The molecule has 11 heteroatoms. The van der Waals surface area contributed by atoms with Gasteiger partial charge < -0.3 is 20.5 Å². The number of hydrogen-bond donors (Lipinski definition) is 3. The van der Waals surface area contributed by atoms with Gasteiger partial charge in [-0.2, -0.15) is 0 Å². The highest BCUT2D eigenvalue weighted by atomic mass is 35.5. The van der Waals surface area contributed by atoms with Crippen LogP contribution in [0.15, 0.2) is 36.4 Å². The Hall–Kier alpha value is -2.82. The lowest BCUT2D eigenvalue weighted by Gasteiger charge is -2.29. The van der Waals surface area contributed by atoms with E-state index in [4.69, 9.17) is 26.5 Å². The van der Waals surface area contributed by atoms with Crippen LogP contribution in [0.1, 0.15) is 29.9 Å². The molecule has 0 aliphatic carbocycles. The van der Waals surface area contributed by atoms with E-state index in [-0.39, 0.29) is 18.5 Å². The number of nitrogens with zero attached hydrogens (tertiary/aromatic N) is 2. The molecule has 4 rings (SSSR count). The predicted octanol–water partition coefficient (Wildman–Crippen LogP) is 3.92. The minimum atomic E-state index is -0.454. The van der Waals surface area contributed by atoms with Crippen molar-refractivity contribution in [2.24, 2.45) is 5.73 Å². The number of nitrogens with one attached hydrogen (secondary N) is 2. The van der Waals surface area contributed by atoms with Gasteiger partial charge in [-0.05, 0) is 49.9 Å². The first-order chi connectivity index (χ1) is 16.0. The number of rotatable bonds is 5. The number of anilines is 2. The Morgan fingerprint density at radius 2 is 1.82 bits per heavy atom. The number of benzene rings is 1. The van der Waals surface area contributed by atoms with Crippen LogP contribution < -0.4 is 20.9 Å². The summed E-state index contributed by atoms with van der Waals surface area (Å²) in [6, 6.07) is 10.8. The number of thiophene rings is 1. The number of ether oxygens (including phenoxy) is 2. The van der Waals surface area contributed by atoms with Crippen LogP contribution in [-0.2, 0) is 9.47 Å². The number of carbonyl (C=O) groups is 2. The Morgan fingerprint density at radius 3 is 2.39 bits per heavy atom. The van der Waals surface area contributed by atoms with Crippen LogP contribution in [0.5, 0.6) is 0 Å². The van der Waals surface area contributed by atoms with Gasteiger partial charge in [0.2, 0.25) is 0 Å². The minimum Gasteiger partial charge on any atom is -0.465 e. The maximum atomic E-state index is 12.3. The van der Waals surface area contributed by atoms with Gasteiger partial charge in [0, 0.05) is 17.9 Å². The molecule has 9 nitrogen and oxygen atoms in total. The maximum absolute atomic E-state index is 12.3. The van der Waals surface area contributed by atoms with Gasteiger partial charge in [0.1, 0.15) is 6.10 Å². The monoisotopic (exact) mass is 495 g/mol. The summed E-state index contributed by atoms with van der Waals surface area (Å²) in [5, 5.41) is 10.7. The van der Waals surface area contributed by atoms with E-state index in [1.165, 1.54) is 23.3 Å². The Morgan fingerprint density at radius 1 is 1.18 bits per heavy atom. The van der Waals surface area contributed by atoms with Gasteiger partial charge in [-0.1, -0.05) is 25.4 Å². The van der Waals surface area contributed by atoms with Crippen LogP contribution in [0, 0.1) is 5.41 Å². The highest BCUT2D eigenvalue weighted by Gasteiger charge is 2.32. The molecule has 1 atom stereocenters. The zero-order chi connectivity index (χ0) is 24.4. The van der Waals surface area contributed by atoms with Crippen molar-refractivity contribution in [2.75, 3.05) is 43.1 Å². The average Bonchev–Trinajstić information content (AvgIpc) is 3.46. The third-order valence-electron chi connectivity index (χ3n) is 4.64. The van der Waals surface area contributed by atoms with E-state index in [2.05, 4.69) is 11.1 Å². The van der Waals surface area contributed by atoms with Crippen molar-refractivity contribution in [3.8, 4) is 0 Å². The average molecular weight is 496 g/mol. The SMILES string of the molecule is CC.CN.N=C1OCCCN1c1ccc(N2CC(CNC(=O)c3ccc(Cl)s3)OC2=O)cc1. The minimum absolute atomic E-state index is 0.132. The van der Waals surface area contributed by atoms with Gasteiger partial charge >= 0.3 is 6.09 Å². The largest absolute Gasteiger partial charge is 0.465 e. The molecular formula is C22H30ClN5O4S. The van der Waals surface area contributed by atoms with Crippen molar-refractivity contribution in [2.45, 2.75) is 26.4 Å². The van der Waals surface area contributed by atoms with E-state index >= 15 is 0 Å². The topological polar surface area (TPSA) is 121 Å². The highest BCUT2D eigenvalue weighted by Crippen LogP contribution is 2.26. The number of cyclic esters (lactones) is 1. The first-order valence-corrected chi connectivity index (χ1v) is 11.9. The quantitative estimate of drug-likeness (QED) is 0.578. The van der Waals surface area contributed by atoms with E-state index in [1.54, 1.807) is 17.0 Å². The van der Waals surface area contributed by atoms with E-state index in [9.17, 15) is 9.59 Å². The zero-order valence-electron chi connectivity index (χ0n) is 19.0. The van der Waals surface area contributed by atoms with Crippen LogP contribution in [0.3, 0.4) is 0 Å². The van der Waals surface area contributed by atoms with E-state index < -0.39 is 12.2 Å². The summed E-state index contributed by atoms with van der Waals surface area (Å²) < 4.78 is 11.2. The summed E-state index contributed by atoms with van der Waals surface area (Å²) in [4.78, 5) is 28.2. The Balaban J connectivity index is 0.000000914. The highest BCUT2D eigenvalue weighted by molar-refractivity contribution is 7.18. The van der Waals surface area contributed by atoms with Crippen molar-refractivity contribution >= 4 is 52.3 Å².